The normalized spacial score (nSPS) is 24.6. The zero-order chi connectivity index (χ0) is 11.4. The van der Waals surface area contributed by atoms with Crippen molar-refractivity contribution >= 4 is 0 Å². The van der Waals surface area contributed by atoms with Crippen molar-refractivity contribution in [2.75, 3.05) is 7.11 Å². The number of benzene rings is 1. The van der Waals surface area contributed by atoms with Crippen molar-refractivity contribution in [2.45, 2.75) is 38.0 Å². The molecule has 16 heavy (non-hydrogen) atoms. The molecule has 88 valence electrons. The maximum atomic E-state index is 9.68. The lowest BCUT2D eigenvalue weighted by Crippen LogP contribution is -2.34. The van der Waals surface area contributed by atoms with Crippen LogP contribution in [0.1, 0.15) is 24.8 Å². The van der Waals surface area contributed by atoms with Gasteiger partial charge in [-0.3, -0.25) is 0 Å². The van der Waals surface area contributed by atoms with Gasteiger partial charge in [-0.1, -0.05) is 12.1 Å². The van der Waals surface area contributed by atoms with Gasteiger partial charge in [-0.25, -0.2) is 0 Å². The third kappa shape index (κ3) is 2.74. The van der Waals surface area contributed by atoms with Crippen LogP contribution in [0.15, 0.2) is 24.3 Å². The molecule has 0 spiro atoms. The number of methoxy groups -OCH3 is 1. The first kappa shape index (κ1) is 11.4. The number of hydrogen-bond donors (Lipinski definition) is 2. The van der Waals surface area contributed by atoms with E-state index in [1.54, 1.807) is 7.11 Å². The second-order valence-corrected chi connectivity index (χ2v) is 4.34. The minimum atomic E-state index is -0.175. The molecule has 1 fully saturated rings. The zero-order valence-corrected chi connectivity index (χ0v) is 9.65. The summed E-state index contributed by atoms with van der Waals surface area (Å²) in [7, 11) is 1.67. The molecule has 1 aliphatic rings. The minimum Gasteiger partial charge on any atom is -0.497 e. The van der Waals surface area contributed by atoms with E-state index in [1.807, 2.05) is 18.2 Å². The monoisotopic (exact) mass is 221 g/mol. The Hall–Kier alpha value is -1.06. The van der Waals surface area contributed by atoms with Gasteiger partial charge in [-0.05, 0) is 37.0 Å². The van der Waals surface area contributed by atoms with Crippen molar-refractivity contribution < 1.29 is 9.84 Å². The predicted molar refractivity (Wildman–Crippen MR) is 63.5 cm³/mol. The smallest absolute Gasteiger partial charge is 0.119 e. The molecule has 0 amide bonds. The van der Waals surface area contributed by atoms with Gasteiger partial charge >= 0.3 is 0 Å². The lowest BCUT2D eigenvalue weighted by Gasteiger charge is -2.16. The summed E-state index contributed by atoms with van der Waals surface area (Å²) in [6.45, 7) is 0.791. The maximum absolute atomic E-state index is 9.68. The van der Waals surface area contributed by atoms with Crippen molar-refractivity contribution in [2.24, 2.45) is 0 Å². The second-order valence-electron chi connectivity index (χ2n) is 4.34. The van der Waals surface area contributed by atoms with E-state index >= 15 is 0 Å². The van der Waals surface area contributed by atoms with Gasteiger partial charge in [0.1, 0.15) is 5.75 Å². The Kier molecular flexibility index (Phi) is 3.80. The number of aliphatic hydroxyl groups excluding tert-OH is 1. The third-order valence-electron chi connectivity index (χ3n) is 3.18. The van der Waals surface area contributed by atoms with Crippen LogP contribution in [0.4, 0.5) is 0 Å². The van der Waals surface area contributed by atoms with Gasteiger partial charge in [0.25, 0.3) is 0 Å². The lowest BCUT2D eigenvalue weighted by molar-refractivity contribution is 0.148. The minimum absolute atomic E-state index is 0.175. The standard InChI is InChI=1S/C13H19NO2/c1-16-11-5-2-4-10(8-11)9-14-12-6-3-7-13(12)15/h2,4-5,8,12-15H,3,6-7,9H2,1H3. The fourth-order valence-electron chi connectivity index (χ4n) is 2.21. The van der Waals surface area contributed by atoms with Crippen LogP contribution in [0.2, 0.25) is 0 Å². The van der Waals surface area contributed by atoms with Crippen LogP contribution >= 0.6 is 0 Å². The Labute approximate surface area is 96.4 Å². The van der Waals surface area contributed by atoms with Crippen LogP contribution in [-0.4, -0.2) is 24.4 Å². The molecule has 2 atom stereocenters. The molecule has 1 aromatic carbocycles. The lowest BCUT2D eigenvalue weighted by atomic mass is 10.1. The first-order chi connectivity index (χ1) is 7.79. The first-order valence-corrected chi connectivity index (χ1v) is 5.84. The summed E-state index contributed by atoms with van der Waals surface area (Å²) in [5.41, 5.74) is 1.19. The second kappa shape index (κ2) is 5.32. The van der Waals surface area contributed by atoms with E-state index in [2.05, 4.69) is 11.4 Å². The Morgan fingerprint density at radius 1 is 1.44 bits per heavy atom. The van der Waals surface area contributed by atoms with Gasteiger partial charge < -0.3 is 15.2 Å². The van der Waals surface area contributed by atoms with E-state index in [0.29, 0.717) is 0 Å². The van der Waals surface area contributed by atoms with E-state index in [4.69, 9.17) is 4.74 Å². The Balaban J connectivity index is 1.88. The van der Waals surface area contributed by atoms with Crippen LogP contribution in [0, 0.1) is 0 Å². The van der Waals surface area contributed by atoms with Gasteiger partial charge in [-0.15, -0.1) is 0 Å². The molecule has 0 heterocycles. The third-order valence-corrected chi connectivity index (χ3v) is 3.18. The number of rotatable bonds is 4. The highest BCUT2D eigenvalue weighted by molar-refractivity contribution is 5.28. The molecule has 0 aliphatic heterocycles. The molecule has 3 heteroatoms. The van der Waals surface area contributed by atoms with E-state index < -0.39 is 0 Å². The van der Waals surface area contributed by atoms with E-state index in [0.717, 1.165) is 31.6 Å². The summed E-state index contributed by atoms with van der Waals surface area (Å²) >= 11 is 0. The molecule has 0 aromatic heterocycles. The van der Waals surface area contributed by atoms with E-state index in [-0.39, 0.29) is 12.1 Å². The highest BCUT2D eigenvalue weighted by atomic mass is 16.5. The van der Waals surface area contributed by atoms with E-state index in [1.165, 1.54) is 5.56 Å². The summed E-state index contributed by atoms with van der Waals surface area (Å²) in [6, 6.07) is 8.27. The van der Waals surface area contributed by atoms with Crippen molar-refractivity contribution in [1.82, 2.24) is 5.32 Å². The molecule has 1 aliphatic carbocycles. The SMILES string of the molecule is COc1cccc(CNC2CCCC2O)c1. The van der Waals surface area contributed by atoms with Crippen LogP contribution in [0.5, 0.6) is 5.75 Å². The molecule has 0 bridgehead atoms. The molecule has 1 saturated carbocycles. The topological polar surface area (TPSA) is 41.5 Å². The molecule has 2 unspecified atom stereocenters. The molecular formula is C13H19NO2. The van der Waals surface area contributed by atoms with Gasteiger partial charge in [-0.2, -0.15) is 0 Å². The average molecular weight is 221 g/mol. The van der Waals surface area contributed by atoms with Gasteiger partial charge in [0.05, 0.1) is 13.2 Å². The van der Waals surface area contributed by atoms with E-state index in [9.17, 15) is 5.11 Å². The largest absolute Gasteiger partial charge is 0.497 e. The Morgan fingerprint density at radius 3 is 3.00 bits per heavy atom. The first-order valence-electron chi connectivity index (χ1n) is 5.84. The molecule has 1 aromatic rings. The van der Waals surface area contributed by atoms with Crippen LogP contribution in [0.3, 0.4) is 0 Å². The van der Waals surface area contributed by atoms with Gasteiger partial charge in [0.15, 0.2) is 0 Å². The van der Waals surface area contributed by atoms with Gasteiger partial charge in [0, 0.05) is 12.6 Å². The van der Waals surface area contributed by atoms with Gasteiger partial charge in [0.2, 0.25) is 0 Å². The maximum Gasteiger partial charge on any atom is 0.119 e. The van der Waals surface area contributed by atoms with Crippen LogP contribution in [-0.2, 0) is 6.54 Å². The zero-order valence-electron chi connectivity index (χ0n) is 9.65. The summed E-state index contributed by atoms with van der Waals surface area (Å²) < 4.78 is 5.17. The Morgan fingerprint density at radius 2 is 2.31 bits per heavy atom. The van der Waals surface area contributed by atoms with Crippen molar-refractivity contribution in [3.8, 4) is 5.75 Å². The van der Waals surface area contributed by atoms with Crippen LogP contribution < -0.4 is 10.1 Å². The predicted octanol–water partition coefficient (Wildman–Crippen LogP) is 1.70. The molecule has 2 rings (SSSR count). The molecular weight excluding hydrogens is 202 g/mol. The fourth-order valence-corrected chi connectivity index (χ4v) is 2.21. The molecule has 2 N–H and O–H groups in total. The summed E-state index contributed by atoms with van der Waals surface area (Å²) in [5.74, 6) is 0.881. The number of aliphatic hydroxyl groups is 1. The summed E-state index contributed by atoms with van der Waals surface area (Å²) in [5, 5.41) is 13.1. The van der Waals surface area contributed by atoms with Crippen molar-refractivity contribution in [3.05, 3.63) is 29.8 Å². The molecule has 0 saturated heterocycles. The van der Waals surface area contributed by atoms with Crippen molar-refractivity contribution in [3.63, 3.8) is 0 Å². The molecule has 0 radical (unpaired) electrons. The number of hydrogen-bond acceptors (Lipinski definition) is 3. The fraction of sp³-hybridized carbons (Fsp3) is 0.538. The Bertz CT molecular complexity index is 340. The highest BCUT2D eigenvalue weighted by Crippen LogP contribution is 2.19. The number of ether oxygens (including phenoxy) is 1. The summed E-state index contributed by atoms with van der Waals surface area (Å²) in [6.07, 6.45) is 2.95. The summed E-state index contributed by atoms with van der Waals surface area (Å²) in [4.78, 5) is 0. The van der Waals surface area contributed by atoms with Crippen molar-refractivity contribution in [1.29, 1.82) is 0 Å². The number of nitrogens with one attached hydrogen (secondary N) is 1. The highest BCUT2D eigenvalue weighted by Gasteiger charge is 2.24. The average Bonchev–Trinajstić information content (AvgIpc) is 2.72. The van der Waals surface area contributed by atoms with Crippen LogP contribution in [0.25, 0.3) is 0 Å². The molecule has 3 nitrogen and oxygen atoms in total. The quantitative estimate of drug-likeness (QED) is 0.813.